The van der Waals surface area contributed by atoms with Gasteiger partial charge in [0.05, 0.1) is 5.56 Å². The molecule has 1 N–H and O–H groups in total. The van der Waals surface area contributed by atoms with Gasteiger partial charge in [-0.05, 0) is 30.5 Å². The van der Waals surface area contributed by atoms with Crippen LogP contribution in [0.15, 0.2) is 18.2 Å². The fraction of sp³-hybridized carbons (Fsp3) is 0.533. The number of carboxylic acids is 1. The van der Waals surface area contributed by atoms with Crippen molar-refractivity contribution < 1.29 is 14.3 Å². The molecule has 1 aromatic rings. The normalized spacial score (nSPS) is 10.6. The lowest BCUT2D eigenvalue weighted by atomic mass is 10.0. The Morgan fingerprint density at radius 3 is 2.44 bits per heavy atom. The highest BCUT2D eigenvalue weighted by Crippen LogP contribution is 2.15. The van der Waals surface area contributed by atoms with Crippen LogP contribution in [0.1, 0.15) is 61.4 Å². The summed E-state index contributed by atoms with van der Waals surface area (Å²) in [6.45, 7) is 2.18. The van der Waals surface area contributed by atoms with E-state index in [1.165, 1.54) is 31.7 Å². The van der Waals surface area contributed by atoms with Gasteiger partial charge in [0, 0.05) is 0 Å². The number of benzene rings is 1. The summed E-state index contributed by atoms with van der Waals surface area (Å²) < 4.78 is 13.6. The third kappa shape index (κ3) is 4.86. The maximum Gasteiger partial charge on any atom is 0.335 e. The minimum Gasteiger partial charge on any atom is -0.478 e. The number of unbranched alkanes of at least 4 members (excludes halogenated alkanes) is 5. The predicted octanol–water partition coefficient (Wildman–Crippen LogP) is 4.43. The molecule has 100 valence electrons. The number of hydrogen-bond donors (Lipinski definition) is 1. The van der Waals surface area contributed by atoms with Crippen molar-refractivity contribution in [3.8, 4) is 0 Å². The van der Waals surface area contributed by atoms with Crippen molar-refractivity contribution in [3.63, 3.8) is 0 Å². The number of carbonyl (C=O) groups is 1. The summed E-state index contributed by atoms with van der Waals surface area (Å²) in [5.74, 6) is -1.48. The van der Waals surface area contributed by atoms with Crippen LogP contribution in [-0.4, -0.2) is 11.1 Å². The van der Waals surface area contributed by atoms with Crippen molar-refractivity contribution in [1.82, 2.24) is 0 Å². The molecule has 0 aromatic heterocycles. The first-order valence-electron chi connectivity index (χ1n) is 6.67. The van der Waals surface area contributed by atoms with E-state index in [-0.39, 0.29) is 5.56 Å². The fourth-order valence-corrected chi connectivity index (χ4v) is 1.98. The van der Waals surface area contributed by atoms with Gasteiger partial charge in [-0.3, -0.25) is 0 Å². The standard InChI is InChI=1S/C15H21FO2/c1-2-3-4-5-6-7-8-12-9-10-13(15(17)18)11-14(12)16/h9-11H,2-8H2,1H3,(H,17,18). The van der Waals surface area contributed by atoms with Crippen LogP contribution in [0.3, 0.4) is 0 Å². The van der Waals surface area contributed by atoms with Gasteiger partial charge >= 0.3 is 5.97 Å². The van der Waals surface area contributed by atoms with Crippen LogP contribution in [0.2, 0.25) is 0 Å². The lowest BCUT2D eigenvalue weighted by molar-refractivity contribution is 0.0696. The number of hydrogen-bond acceptors (Lipinski definition) is 1. The Bertz CT molecular complexity index is 388. The second-order valence-electron chi connectivity index (χ2n) is 4.63. The Morgan fingerprint density at radius 2 is 1.83 bits per heavy atom. The van der Waals surface area contributed by atoms with Crippen LogP contribution >= 0.6 is 0 Å². The molecule has 2 nitrogen and oxygen atoms in total. The first-order chi connectivity index (χ1) is 8.65. The van der Waals surface area contributed by atoms with Crippen molar-refractivity contribution in [2.24, 2.45) is 0 Å². The average Bonchev–Trinajstić information content (AvgIpc) is 2.35. The number of rotatable bonds is 8. The number of carboxylic acid groups (broad SMARTS) is 1. The van der Waals surface area contributed by atoms with E-state index in [9.17, 15) is 9.18 Å². The van der Waals surface area contributed by atoms with Gasteiger partial charge in [0.15, 0.2) is 0 Å². The van der Waals surface area contributed by atoms with Gasteiger partial charge in [-0.15, -0.1) is 0 Å². The van der Waals surface area contributed by atoms with Gasteiger partial charge in [0.1, 0.15) is 5.82 Å². The molecule has 1 rings (SSSR count). The zero-order valence-corrected chi connectivity index (χ0v) is 10.9. The summed E-state index contributed by atoms with van der Waals surface area (Å²) in [5, 5.41) is 8.73. The Kier molecular flexibility index (Phi) is 6.40. The summed E-state index contributed by atoms with van der Waals surface area (Å²) in [5.41, 5.74) is 0.634. The summed E-state index contributed by atoms with van der Waals surface area (Å²) in [6, 6.07) is 4.16. The van der Waals surface area contributed by atoms with E-state index in [4.69, 9.17) is 5.11 Å². The summed E-state index contributed by atoms with van der Waals surface area (Å²) in [7, 11) is 0. The molecule has 0 heterocycles. The highest BCUT2D eigenvalue weighted by Gasteiger charge is 2.07. The highest BCUT2D eigenvalue weighted by molar-refractivity contribution is 5.87. The molecule has 0 radical (unpaired) electrons. The highest BCUT2D eigenvalue weighted by atomic mass is 19.1. The fourth-order valence-electron chi connectivity index (χ4n) is 1.98. The molecule has 0 fully saturated rings. The van der Waals surface area contributed by atoms with E-state index in [0.29, 0.717) is 12.0 Å². The third-order valence-corrected chi connectivity index (χ3v) is 3.10. The van der Waals surface area contributed by atoms with Gasteiger partial charge in [-0.25, -0.2) is 9.18 Å². The van der Waals surface area contributed by atoms with Crippen molar-refractivity contribution >= 4 is 5.97 Å². The molecule has 0 atom stereocenters. The monoisotopic (exact) mass is 252 g/mol. The van der Waals surface area contributed by atoms with E-state index >= 15 is 0 Å². The van der Waals surface area contributed by atoms with Gasteiger partial charge in [0.25, 0.3) is 0 Å². The molecule has 18 heavy (non-hydrogen) atoms. The maximum absolute atomic E-state index is 13.6. The van der Waals surface area contributed by atoms with E-state index in [0.717, 1.165) is 18.9 Å². The molecular formula is C15H21FO2. The van der Waals surface area contributed by atoms with Gasteiger partial charge in [-0.1, -0.05) is 45.1 Å². The lowest BCUT2D eigenvalue weighted by Gasteiger charge is -2.04. The number of aromatic carboxylic acids is 1. The second kappa shape index (κ2) is 7.85. The van der Waals surface area contributed by atoms with Crippen LogP contribution < -0.4 is 0 Å². The van der Waals surface area contributed by atoms with Gasteiger partial charge in [0.2, 0.25) is 0 Å². The molecular weight excluding hydrogens is 231 g/mol. The van der Waals surface area contributed by atoms with Crippen LogP contribution in [0, 0.1) is 5.82 Å². The van der Waals surface area contributed by atoms with Gasteiger partial charge < -0.3 is 5.11 Å². The molecule has 3 heteroatoms. The Labute approximate surface area is 108 Å². The van der Waals surface area contributed by atoms with Gasteiger partial charge in [-0.2, -0.15) is 0 Å². The molecule has 0 saturated carbocycles. The predicted molar refractivity (Wildman–Crippen MR) is 70.4 cm³/mol. The topological polar surface area (TPSA) is 37.3 Å². The summed E-state index contributed by atoms with van der Waals surface area (Å²) in [6.07, 6.45) is 7.71. The number of halogens is 1. The first-order valence-corrected chi connectivity index (χ1v) is 6.67. The Balaban J connectivity index is 2.36. The Hall–Kier alpha value is -1.38. The average molecular weight is 252 g/mol. The number of aryl methyl sites for hydroxylation is 1. The van der Waals surface area contributed by atoms with E-state index in [1.807, 2.05) is 0 Å². The van der Waals surface area contributed by atoms with Crippen LogP contribution in [0.4, 0.5) is 4.39 Å². The third-order valence-electron chi connectivity index (χ3n) is 3.10. The van der Waals surface area contributed by atoms with E-state index < -0.39 is 11.8 Å². The molecule has 0 bridgehead atoms. The Morgan fingerprint density at radius 1 is 1.17 bits per heavy atom. The molecule has 0 aliphatic carbocycles. The molecule has 0 amide bonds. The second-order valence-corrected chi connectivity index (χ2v) is 4.63. The van der Waals surface area contributed by atoms with Crippen LogP contribution in [-0.2, 0) is 6.42 Å². The molecule has 1 aromatic carbocycles. The van der Waals surface area contributed by atoms with Crippen molar-refractivity contribution in [1.29, 1.82) is 0 Å². The van der Waals surface area contributed by atoms with E-state index in [2.05, 4.69) is 6.92 Å². The van der Waals surface area contributed by atoms with E-state index in [1.54, 1.807) is 6.07 Å². The minimum absolute atomic E-state index is 0.0131. The summed E-state index contributed by atoms with van der Waals surface area (Å²) >= 11 is 0. The first kappa shape index (κ1) is 14.7. The lowest BCUT2D eigenvalue weighted by Crippen LogP contribution is -1.99. The summed E-state index contributed by atoms with van der Waals surface area (Å²) in [4.78, 5) is 10.7. The zero-order valence-electron chi connectivity index (χ0n) is 10.9. The minimum atomic E-state index is -1.08. The molecule has 0 spiro atoms. The quantitative estimate of drug-likeness (QED) is 0.695. The molecule has 0 aliphatic heterocycles. The van der Waals surface area contributed by atoms with Crippen molar-refractivity contribution in [3.05, 3.63) is 35.1 Å². The van der Waals surface area contributed by atoms with Crippen LogP contribution in [0.5, 0.6) is 0 Å². The SMILES string of the molecule is CCCCCCCCc1ccc(C(=O)O)cc1F. The molecule has 0 unspecified atom stereocenters. The smallest absolute Gasteiger partial charge is 0.335 e. The largest absolute Gasteiger partial charge is 0.478 e. The van der Waals surface area contributed by atoms with Crippen molar-refractivity contribution in [2.45, 2.75) is 51.9 Å². The molecule has 0 aliphatic rings. The van der Waals surface area contributed by atoms with Crippen LogP contribution in [0.25, 0.3) is 0 Å². The maximum atomic E-state index is 13.6. The van der Waals surface area contributed by atoms with Crippen molar-refractivity contribution in [2.75, 3.05) is 0 Å². The zero-order chi connectivity index (χ0) is 13.4. The molecule has 0 saturated heterocycles.